The molecule has 0 atom stereocenters. The van der Waals surface area contributed by atoms with Gasteiger partial charge in [0, 0.05) is 0 Å². The van der Waals surface area contributed by atoms with Crippen molar-refractivity contribution in [2.24, 2.45) is 0 Å². The molecular weight excluding hydrogens is 353 g/mol. The number of benzene rings is 2. The maximum absolute atomic E-state index is 13.2. The Morgan fingerprint density at radius 1 is 0.778 bits per heavy atom. The molecule has 0 spiro atoms. The van der Waals surface area contributed by atoms with E-state index in [1.54, 1.807) is 54.6 Å². The molecule has 2 rings (SSSR count). The molecule has 0 bridgehead atoms. The minimum absolute atomic E-state index is 0.151. The summed E-state index contributed by atoms with van der Waals surface area (Å²) in [4.78, 5) is 0. The second-order valence-corrected chi connectivity index (χ2v) is 9.50. The summed E-state index contributed by atoms with van der Waals surface area (Å²) in [5.74, 6) is 0. The average molecular weight is 365 g/mol. The summed E-state index contributed by atoms with van der Waals surface area (Å²) in [5, 5.41) is 0. The monoisotopic (exact) mass is 367 g/mol. The summed E-state index contributed by atoms with van der Waals surface area (Å²) in [6, 6.07) is 17.2. The number of alkyl halides is 3. The van der Waals surface area contributed by atoms with Crippen molar-refractivity contribution >= 4 is 23.2 Å². The van der Waals surface area contributed by atoms with Crippen molar-refractivity contribution in [1.29, 1.82) is 0 Å². The molecule has 2 aromatic rings. The third kappa shape index (κ3) is 3.51. The van der Waals surface area contributed by atoms with Crippen LogP contribution in [0.25, 0.3) is 0 Å². The van der Waals surface area contributed by atoms with Crippen LogP contribution in [0, 0.1) is 0 Å². The van der Waals surface area contributed by atoms with Crippen LogP contribution in [-0.4, -0.2) is 23.8 Å². The molecule has 4 heteroatoms. The van der Waals surface area contributed by atoms with Crippen LogP contribution in [0.4, 0.5) is 13.2 Å². The fourth-order valence-electron chi connectivity index (χ4n) is 1.62. The quantitative estimate of drug-likeness (QED) is 0.733. The first-order chi connectivity index (χ1) is 8.57. The van der Waals surface area contributed by atoms with Gasteiger partial charge in [-0.05, 0) is 0 Å². The Kier molecular flexibility index (Phi) is 4.31. The second kappa shape index (κ2) is 5.77. The SMILES string of the molecule is FC(F)(F)[Te](Cc1ccccc1)c1ccccc1. The van der Waals surface area contributed by atoms with Gasteiger partial charge < -0.3 is 0 Å². The van der Waals surface area contributed by atoms with E-state index in [0.717, 1.165) is 5.56 Å². The predicted octanol–water partition coefficient (Wildman–Crippen LogP) is 3.27. The van der Waals surface area contributed by atoms with Crippen LogP contribution in [0.5, 0.6) is 0 Å². The molecule has 0 aromatic heterocycles. The Hall–Kier alpha value is -0.980. The molecule has 0 nitrogen and oxygen atoms in total. The third-order valence-electron chi connectivity index (χ3n) is 2.46. The standard InChI is InChI=1S/C14H12F3Te/c15-14(16,17)18(13-9-5-2-6-10-13)11-12-7-3-1-4-8-12/h1-10H,11H2. The van der Waals surface area contributed by atoms with E-state index in [9.17, 15) is 13.2 Å². The van der Waals surface area contributed by atoms with Gasteiger partial charge in [-0.15, -0.1) is 0 Å². The van der Waals surface area contributed by atoms with Crippen molar-refractivity contribution in [3.8, 4) is 0 Å². The van der Waals surface area contributed by atoms with Gasteiger partial charge in [-0.25, -0.2) is 0 Å². The van der Waals surface area contributed by atoms with Crippen molar-refractivity contribution < 1.29 is 13.2 Å². The van der Waals surface area contributed by atoms with E-state index in [1.165, 1.54) is 0 Å². The van der Waals surface area contributed by atoms with E-state index >= 15 is 0 Å². The zero-order chi connectivity index (χ0) is 13.0. The van der Waals surface area contributed by atoms with Crippen LogP contribution in [0.1, 0.15) is 5.56 Å². The summed E-state index contributed by atoms with van der Waals surface area (Å²) in [6.45, 7) is 0. The summed E-state index contributed by atoms with van der Waals surface area (Å²) < 4.78 is 36.1. The van der Waals surface area contributed by atoms with Crippen LogP contribution >= 0.6 is 0 Å². The molecule has 0 aliphatic rings. The van der Waals surface area contributed by atoms with E-state index < -0.39 is 23.8 Å². The van der Waals surface area contributed by atoms with Crippen LogP contribution in [0.15, 0.2) is 60.7 Å². The Morgan fingerprint density at radius 2 is 1.28 bits per heavy atom. The van der Waals surface area contributed by atoms with Crippen molar-refractivity contribution in [3.05, 3.63) is 66.2 Å². The van der Waals surface area contributed by atoms with Gasteiger partial charge in [0.05, 0.1) is 0 Å². The molecule has 0 unspecified atom stereocenters. The van der Waals surface area contributed by atoms with Crippen molar-refractivity contribution in [1.82, 2.24) is 0 Å². The van der Waals surface area contributed by atoms with Gasteiger partial charge in [0.25, 0.3) is 0 Å². The number of hydrogen-bond donors (Lipinski definition) is 0. The third-order valence-corrected chi connectivity index (χ3v) is 8.23. The molecule has 18 heavy (non-hydrogen) atoms. The fraction of sp³-hybridized carbons (Fsp3) is 0.143. The molecule has 0 heterocycles. The first kappa shape index (κ1) is 13.5. The fourth-order valence-corrected chi connectivity index (χ4v) is 6.22. The van der Waals surface area contributed by atoms with Gasteiger partial charge in [-0.2, -0.15) is 0 Å². The van der Waals surface area contributed by atoms with Crippen LogP contribution in [-0.2, 0) is 4.47 Å². The molecule has 0 aliphatic heterocycles. The summed E-state index contributed by atoms with van der Waals surface area (Å²) in [5.41, 5.74) is 0.773. The molecule has 0 amide bonds. The zero-order valence-corrected chi connectivity index (χ0v) is 11.9. The van der Waals surface area contributed by atoms with E-state index in [1.807, 2.05) is 6.07 Å². The van der Waals surface area contributed by atoms with Gasteiger partial charge in [0.15, 0.2) is 0 Å². The maximum atomic E-state index is 13.2. The van der Waals surface area contributed by atoms with Gasteiger partial charge in [0.1, 0.15) is 0 Å². The van der Waals surface area contributed by atoms with E-state index in [2.05, 4.69) is 0 Å². The molecule has 0 saturated carbocycles. The first-order valence-corrected chi connectivity index (χ1v) is 9.42. The van der Waals surface area contributed by atoms with E-state index in [4.69, 9.17) is 0 Å². The Bertz CT molecular complexity index is 479. The molecule has 0 saturated heterocycles. The number of rotatable bonds is 3. The summed E-state index contributed by atoms with van der Waals surface area (Å²) >= 11 is -3.36. The second-order valence-electron chi connectivity index (χ2n) is 3.78. The topological polar surface area (TPSA) is 0 Å². The Labute approximate surface area is 111 Å². The Balaban J connectivity index is 2.28. The van der Waals surface area contributed by atoms with Gasteiger partial charge in [-0.1, -0.05) is 0 Å². The van der Waals surface area contributed by atoms with Crippen molar-refractivity contribution in [2.75, 3.05) is 0 Å². The van der Waals surface area contributed by atoms with Crippen LogP contribution < -0.4 is 3.61 Å². The Morgan fingerprint density at radius 3 is 1.78 bits per heavy atom. The molecule has 0 aliphatic carbocycles. The zero-order valence-electron chi connectivity index (χ0n) is 9.52. The molecular formula is C14H12F3Te. The normalized spacial score (nSPS) is 11.8. The predicted molar refractivity (Wildman–Crippen MR) is 68.0 cm³/mol. The first-order valence-electron chi connectivity index (χ1n) is 5.44. The molecule has 0 N–H and O–H groups in total. The van der Waals surface area contributed by atoms with Crippen molar-refractivity contribution in [3.63, 3.8) is 0 Å². The van der Waals surface area contributed by atoms with Crippen LogP contribution in [0.2, 0.25) is 0 Å². The van der Waals surface area contributed by atoms with E-state index in [-0.39, 0.29) is 4.47 Å². The van der Waals surface area contributed by atoms with Gasteiger partial charge in [0.2, 0.25) is 0 Å². The van der Waals surface area contributed by atoms with Crippen LogP contribution in [0.3, 0.4) is 0 Å². The number of hydrogen-bond acceptors (Lipinski definition) is 0. The number of halogens is 3. The summed E-state index contributed by atoms with van der Waals surface area (Å²) in [7, 11) is 0. The van der Waals surface area contributed by atoms with E-state index in [0.29, 0.717) is 3.61 Å². The van der Waals surface area contributed by atoms with Gasteiger partial charge in [-0.3, -0.25) is 0 Å². The average Bonchev–Trinajstić information content (AvgIpc) is 2.37. The minimum atomic E-state index is -4.06. The molecule has 95 valence electrons. The van der Waals surface area contributed by atoms with Gasteiger partial charge >= 0.3 is 111 Å². The molecule has 0 fully saturated rings. The molecule has 2 aromatic carbocycles. The van der Waals surface area contributed by atoms with Crippen molar-refractivity contribution in [2.45, 2.75) is 8.69 Å². The summed E-state index contributed by atoms with van der Waals surface area (Å²) in [6.07, 6.45) is 0. The molecule has 1 radical (unpaired) electrons.